The molecule has 0 aromatic carbocycles. The van der Waals surface area contributed by atoms with Crippen molar-refractivity contribution in [1.82, 2.24) is 0 Å². The van der Waals surface area contributed by atoms with Crippen molar-refractivity contribution in [3.8, 4) is 0 Å². The lowest BCUT2D eigenvalue weighted by atomic mass is 10.3. The van der Waals surface area contributed by atoms with Gasteiger partial charge in [-0.05, 0) is 22.0 Å². The molecule has 1 aromatic rings. The van der Waals surface area contributed by atoms with Gasteiger partial charge in [-0.1, -0.05) is 0 Å². The van der Waals surface area contributed by atoms with E-state index < -0.39 is 6.10 Å². The molecule has 1 aromatic heterocycles. The highest BCUT2D eigenvalue weighted by atomic mass is 79.9. The molecule has 1 rings (SSSR count). The van der Waals surface area contributed by atoms with E-state index in [0.717, 1.165) is 9.35 Å². The fourth-order valence-corrected chi connectivity index (χ4v) is 2.27. The number of rotatable bonds is 2. The lowest BCUT2D eigenvalue weighted by molar-refractivity contribution is 0.206. The molecule has 0 saturated heterocycles. The smallest absolute Gasteiger partial charge is 0.102 e. The molecule has 0 saturated carbocycles. The predicted octanol–water partition coefficient (Wildman–Crippen LogP) is 2.78. The average Bonchev–Trinajstić information content (AvgIpc) is 2.34. The van der Waals surface area contributed by atoms with E-state index in [9.17, 15) is 5.11 Å². The molecule has 0 radical (unpaired) electrons. The molecule has 0 aliphatic carbocycles. The molecule has 56 valence electrons. The maximum atomic E-state index is 9.20. The summed E-state index contributed by atoms with van der Waals surface area (Å²) < 4.78 is 0.997. The van der Waals surface area contributed by atoms with Gasteiger partial charge in [0, 0.05) is 14.7 Å². The zero-order valence-corrected chi connectivity index (χ0v) is 8.21. The number of aliphatic hydroxyl groups excluding tert-OH is 1. The van der Waals surface area contributed by atoms with Gasteiger partial charge in [-0.15, -0.1) is 22.9 Å². The minimum absolute atomic E-state index is 0.257. The standard InChI is InChI=1S/C6H6BrClOS/c7-4-1-6(10-3-4)5(9)2-8/h1,3,5,9H,2H2/t5-/m0/s1. The first-order valence-corrected chi connectivity index (χ1v) is 4.92. The molecule has 0 aliphatic rings. The van der Waals surface area contributed by atoms with Crippen LogP contribution in [0.1, 0.15) is 11.0 Å². The van der Waals surface area contributed by atoms with Gasteiger partial charge in [-0.2, -0.15) is 0 Å². The second kappa shape index (κ2) is 3.72. The van der Waals surface area contributed by atoms with Crippen LogP contribution >= 0.6 is 38.9 Å². The van der Waals surface area contributed by atoms with Crippen molar-refractivity contribution in [2.45, 2.75) is 6.10 Å². The van der Waals surface area contributed by atoms with Crippen LogP contribution in [0.25, 0.3) is 0 Å². The predicted molar refractivity (Wildman–Crippen MR) is 47.7 cm³/mol. The molecule has 0 unspecified atom stereocenters. The third kappa shape index (κ3) is 1.95. The highest BCUT2D eigenvalue weighted by Crippen LogP contribution is 2.25. The Morgan fingerprint density at radius 1 is 1.80 bits per heavy atom. The van der Waals surface area contributed by atoms with Crippen LogP contribution in [0.15, 0.2) is 15.9 Å². The third-order valence-electron chi connectivity index (χ3n) is 1.06. The number of thiophene rings is 1. The topological polar surface area (TPSA) is 20.2 Å². The van der Waals surface area contributed by atoms with Crippen LogP contribution in [0.4, 0.5) is 0 Å². The van der Waals surface area contributed by atoms with Crippen molar-refractivity contribution < 1.29 is 5.11 Å². The number of alkyl halides is 1. The molecule has 1 heterocycles. The summed E-state index contributed by atoms with van der Waals surface area (Å²) in [6.07, 6.45) is -0.516. The fraction of sp³-hybridized carbons (Fsp3) is 0.333. The Labute approximate surface area is 76.8 Å². The Balaban J connectivity index is 2.74. The number of aliphatic hydroxyl groups is 1. The van der Waals surface area contributed by atoms with Gasteiger partial charge in [0.1, 0.15) is 6.10 Å². The van der Waals surface area contributed by atoms with Crippen LogP contribution in [-0.4, -0.2) is 11.0 Å². The van der Waals surface area contributed by atoms with Crippen molar-refractivity contribution in [1.29, 1.82) is 0 Å². The van der Waals surface area contributed by atoms with E-state index in [-0.39, 0.29) is 5.88 Å². The first-order chi connectivity index (χ1) is 4.74. The highest BCUT2D eigenvalue weighted by molar-refractivity contribution is 9.10. The summed E-state index contributed by atoms with van der Waals surface area (Å²) in [4.78, 5) is 0.905. The van der Waals surface area contributed by atoms with Gasteiger partial charge >= 0.3 is 0 Å². The molecule has 10 heavy (non-hydrogen) atoms. The van der Waals surface area contributed by atoms with Crippen molar-refractivity contribution in [3.05, 3.63) is 20.8 Å². The summed E-state index contributed by atoms with van der Waals surface area (Å²) in [6.45, 7) is 0. The largest absolute Gasteiger partial charge is 0.386 e. The number of halogens is 2. The van der Waals surface area contributed by atoms with Gasteiger partial charge in [0.25, 0.3) is 0 Å². The summed E-state index contributed by atoms with van der Waals surface area (Å²) in [5, 5.41) is 11.1. The van der Waals surface area contributed by atoms with Gasteiger partial charge in [0.2, 0.25) is 0 Å². The van der Waals surface area contributed by atoms with Crippen molar-refractivity contribution in [3.63, 3.8) is 0 Å². The van der Waals surface area contributed by atoms with Crippen molar-refractivity contribution in [2.24, 2.45) is 0 Å². The highest BCUT2D eigenvalue weighted by Gasteiger charge is 2.07. The Morgan fingerprint density at radius 2 is 2.50 bits per heavy atom. The van der Waals surface area contributed by atoms with Gasteiger partial charge in [0.15, 0.2) is 0 Å². The molecule has 0 amide bonds. The second-order valence-electron chi connectivity index (χ2n) is 1.84. The molecule has 4 heteroatoms. The normalized spacial score (nSPS) is 13.5. The summed E-state index contributed by atoms with van der Waals surface area (Å²) in [6, 6.07) is 1.87. The lowest BCUT2D eigenvalue weighted by Crippen LogP contribution is -1.93. The third-order valence-corrected chi connectivity index (χ3v) is 3.15. The number of hydrogen-bond acceptors (Lipinski definition) is 2. The van der Waals surface area contributed by atoms with Gasteiger partial charge in [-0.3, -0.25) is 0 Å². The van der Waals surface area contributed by atoms with Gasteiger partial charge in [-0.25, -0.2) is 0 Å². The Morgan fingerprint density at radius 3 is 2.90 bits per heavy atom. The molecule has 1 nitrogen and oxygen atoms in total. The number of hydrogen-bond donors (Lipinski definition) is 1. The van der Waals surface area contributed by atoms with Gasteiger partial charge in [0.05, 0.1) is 5.88 Å². The SMILES string of the molecule is O[C@@H](CCl)c1cc(Br)cs1. The lowest BCUT2D eigenvalue weighted by Gasteiger charge is -2.00. The zero-order chi connectivity index (χ0) is 7.56. The molecule has 0 aliphatic heterocycles. The summed E-state index contributed by atoms with van der Waals surface area (Å²) in [5.41, 5.74) is 0. The maximum absolute atomic E-state index is 9.20. The zero-order valence-electron chi connectivity index (χ0n) is 5.05. The van der Waals surface area contributed by atoms with E-state index in [1.807, 2.05) is 11.4 Å². The van der Waals surface area contributed by atoms with Crippen LogP contribution in [0, 0.1) is 0 Å². The first-order valence-electron chi connectivity index (χ1n) is 2.72. The molecular formula is C6H6BrClOS. The van der Waals surface area contributed by atoms with E-state index in [0.29, 0.717) is 0 Å². The summed E-state index contributed by atoms with van der Waals surface area (Å²) in [5.74, 6) is 0.257. The molecule has 1 atom stereocenters. The van der Waals surface area contributed by atoms with Crippen molar-refractivity contribution >= 4 is 38.9 Å². The quantitative estimate of drug-likeness (QED) is 0.790. The summed E-state index contributed by atoms with van der Waals surface area (Å²) in [7, 11) is 0. The molecular weight excluding hydrogens is 235 g/mol. The Kier molecular flexibility index (Phi) is 3.17. The first kappa shape index (κ1) is 8.53. The molecule has 0 bridgehead atoms. The van der Waals surface area contributed by atoms with E-state index in [2.05, 4.69) is 15.9 Å². The van der Waals surface area contributed by atoms with Crippen LogP contribution in [0.3, 0.4) is 0 Å². The monoisotopic (exact) mass is 240 g/mol. The average molecular weight is 242 g/mol. The van der Waals surface area contributed by atoms with Crippen LogP contribution in [0.2, 0.25) is 0 Å². The van der Waals surface area contributed by atoms with E-state index in [1.54, 1.807) is 0 Å². The fourth-order valence-electron chi connectivity index (χ4n) is 0.579. The Hall–Kier alpha value is 0.430. The molecule has 0 fully saturated rings. The Bertz CT molecular complexity index is 213. The van der Waals surface area contributed by atoms with E-state index in [4.69, 9.17) is 11.6 Å². The molecule has 1 N–H and O–H groups in total. The van der Waals surface area contributed by atoms with Gasteiger partial charge < -0.3 is 5.11 Å². The van der Waals surface area contributed by atoms with E-state index >= 15 is 0 Å². The van der Waals surface area contributed by atoms with Crippen molar-refractivity contribution in [2.75, 3.05) is 5.88 Å². The van der Waals surface area contributed by atoms with Crippen LogP contribution in [0.5, 0.6) is 0 Å². The summed E-state index contributed by atoms with van der Waals surface area (Å²) >= 11 is 10.2. The van der Waals surface area contributed by atoms with Crippen LogP contribution < -0.4 is 0 Å². The molecule has 0 spiro atoms. The maximum Gasteiger partial charge on any atom is 0.102 e. The van der Waals surface area contributed by atoms with E-state index in [1.165, 1.54) is 11.3 Å². The minimum Gasteiger partial charge on any atom is -0.386 e. The second-order valence-corrected chi connectivity index (χ2v) is 4.00. The van der Waals surface area contributed by atoms with Crippen LogP contribution in [-0.2, 0) is 0 Å². The minimum atomic E-state index is -0.516.